The summed E-state index contributed by atoms with van der Waals surface area (Å²) in [6.07, 6.45) is 0.861. The molecule has 2 aromatic carbocycles. The van der Waals surface area contributed by atoms with Crippen molar-refractivity contribution in [1.82, 2.24) is 9.55 Å². The summed E-state index contributed by atoms with van der Waals surface area (Å²) in [7, 11) is 0. The number of aromatic amines is 1. The summed E-state index contributed by atoms with van der Waals surface area (Å²) in [5.74, 6) is 0.265. The number of aryl methyl sites for hydroxylation is 1. The molecule has 1 aromatic heterocycles. The first kappa shape index (κ1) is 18.4. The Morgan fingerprint density at radius 1 is 1.15 bits per heavy atom. The van der Waals surface area contributed by atoms with Crippen LogP contribution in [0.25, 0.3) is 11.0 Å². The molecule has 0 aliphatic carbocycles. The Morgan fingerprint density at radius 3 is 2.67 bits per heavy atom. The zero-order chi connectivity index (χ0) is 19.4. The van der Waals surface area contributed by atoms with E-state index in [1.807, 2.05) is 19.1 Å². The van der Waals surface area contributed by atoms with E-state index in [2.05, 4.69) is 10.3 Å². The number of fused-ring (bicyclic) bond motifs is 1. The first-order chi connectivity index (χ1) is 13.0. The first-order valence-electron chi connectivity index (χ1n) is 8.85. The van der Waals surface area contributed by atoms with Crippen molar-refractivity contribution in [1.29, 1.82) is 0 Å². The van der Waals surface area contributed by atoms with E-state index in [1.54, 1.807) is 37.3 Å². The van der Waals surface area contributed by atoms with Crippen LogP contribution in [-0.4, -0.2) is 22.1 Å². The number of H-pyrrole nitrogens is 1. The van der Waals surface area contributed by atoms with Gasteiger partial charge in [0.2, 0.25) is 0 Å². The molecule has 0 saturated heterocycles. The van der Waals surface area contributed by atoms with E-state index in [-0.39, 0.29) is 5.91 Å². The smallest absolute Gasteiger partial charge is 0.316 e. The van der Waals surface area contributed by atoms with Gasteiger partial charge in [0.05, 0.1) is 23.3 Å². The lowest BCUT2D eigenvalue weighted by Gasteiger charge is -2.12. The van der Waals surface area contributed by atoms with Crippen LogP contribution in [0.4, 0.5) is 5.69 Å². The number of carbonyl (C=O) groups is 1. The molecule has 3 aromatic rings. The normalized spacial score (nSPS) is 10.7. The fraction of sp³-hybridized carbons (Fsp3) is 0.250. The number of benzene rings is 2. The zero-order valence-corrected chi connectivity index (χ0v) is 15.2. The molecule has 0 saturated carbocycles. The molecule has 2 N–H and O–H groups in total. The summed E-state index contributed by atoms with van der Waals surface area (Å²) in [6, 6.07) is 12.1. The van der Waals surface area contributed by atoms with Crippen LogP contribution in [-0.2, 0) is 6.54 Å². The van der Waals surface area contributed by atoms with Crippen LogP contribution in [0.1, 0.15) is 30.6 Å². The molecule has 0 radical (unpaired) electrons. The van der Waals surface area contributed by atoms with Gasteiger partial charge in [0.1, 0.15) is 5.75 Å². The van der Waals surface area contributed by atoms with Crippen molar-refractivity contribution in [2.75, 3.05) is 11.9 Å². The van der Waals surface area contributed by atoms with Gasteiger partial charge in [-0.15, -0.1) is 0 Å². The Labute approximate surface area is 155 Å². The molecule has 0 fully saturated rings. The van der Waals surface area contributed by atoms with Gasteiger partial charge in [-0.05, 0) is 43.7 Å². The Kier molecular flexibility index (Phi) is 5.40. The zero-order valence-electron chi connectivity index (χ0n) is 15.2. The minimum absolute atomic E-state index is 0.334. The molecular weight excluding hydrogens is 346 g/mol. The van der Waals surface area contributed by atoms with E-state index in [9.17, 15) is 14.4 Å². The van der Waals surface area contributed by atoms with Crippen LogP contribution in [0.15, 0.2) is 52.1 Å². The van der Waals surface area contributed by atoms with E-state index in [1.165, 1.54) is 4.57 Å². The third kappa shape index (κ3) is 3.76. The summed E-state index contributed by atoms with van der Waals surface area (Å²) in [5, 5.41) is 2.83. The fourth-order valence-corrected chi connectivity index (χ4v) is 2.84. The molecule has 0 unspecified atom stereocenters. The predicted molar refractivity (Wildman–Crippen MR) is 105 cm³/mol. The lowest BCUT2D eigenvalue weighted by atomic mass is 10.1. The molecule has 0 aliphatic heterocycles. The molecule has 0 spiro atoms. The molecule has 7 nitrogen and oxygen atoms in total. The second-order valence-electron chi connectivity index (χ2n) is 6.03. The molecule has 27 heavy (non-hydrogen) atoms. The third-order valence-corrected chi connectivity index (χ3v) is 4.15. The van der Waals surface area contributed by atoms with Crippen LogP contribution in [0.5, 0.6) is 5.75 Å². The van der Waals surface area contributed by atoms with Crippen molar-refractivity contribution >= 4 is 22.6 Å². The van der Waals surface area contributed by atoms with Crippen LogP contribution in [0.2, 0.25) is 0 Å². The van der Waals surface area contributed by atoms with E-state index >= 15 is 0 Å². The van der Waals surface area contributed by atoms with Crippen molar-refractivity contribution in [2.24, 2.45) is 0 Å². The quantitative estimate of drug-likeness (QED) is 0.655. The van der Waals surface area contributed by atoms with Crippen LogP contribution in [0.3, 0.4) is 0 Å². The molecule has 0 aliphatic rings. The number of para-hydroxylation sites is 2. The van der Waals surface area contributed by atoms with Gasteiger partial charge in [0.25, 0.3) is 5.91 Å². The van der Waals surface area contributed by atoms with Crippen molar-refractivity contribution < 1.29 is 9.53 Å². The number of nitrogens with zero attached hydrogens (tertiary/aromatic N) is 1. The Hall–Kier alpha value is -3.35. The summed E-state index contributed by atoms with van der Waals surface area (Å²) in [6.45, 7) is 4.71. The molecule has 0 bridgehead atoms. The van der Waals surface area contributed by atoms with Gasteiger partial charge in [0, 0.05) is 12.1 Å². The van der Waals surface area contributed by atoms with E-state index in [0.29, 0.717) is 41.2 Å². The van der Waals surface area contributed by atoms with Crippen molar-refractivity contribution in [3.05, 3.63) is 68.7 Å². The summed E-state index contributed by atoms with van der Waals surface area (Å²) in [4.78, 5) is 38.9. The highest BCUT2D eigenvalue weighted by Gasteiger charge is 2.13. The lowest BCUT2D eigenvalue weighted by molar-refractivity contribution is 0.102. The standard InChI is InChI=1S/C20H21N3O4/c1-3-11-27-17-8-6-5-7-14(17)21-18(24)13-9-10-16-15(12-13)22-19(25)20(26)23(16)4-2/h5-10,12H,3-4,11H2,1-2H3,(H,21,24)(H,22,25). The Morgan fingerprint density at radius 2 is 1.93 bits per heavy atom. The third-order valence-electron chi connectivity index (χ3n) is 4.15. The van der Waals surface area contributed by atoms with Gasteiger partial charge in [0.15, 0.2) is 0 Å². The molecule has 0 atom stereocenters. The number of rotatable bonds is 6. The highest BCUT2D eigenvalue weighted by molar-refractivity contribution is 6.06. The second-order valence-corrected chi connectivity index (χ2v) is 6.03. The maximum Gasteiger partial charge on any atom is 0.316 e. The molecule has 7 heteroatoms. The number of hydrogen-bond acceptors (Lipinski definition) is 4. The largest absolute Gasteiger partial charge is 0.491 e. The van der Waals surface area contributed by atoms with Crippen molar-refractivity contribution in [3.8, 4) is 5.75 Å². The maximum atomic E-state index is 12.7. The van der Waals surface area contributed by atoms with Crippen LogP contribution >= 0.6 is 0 Å². The number of carbonyl (C=O) groups excluding carboxylic acids is 1. The minimum atomic E-state index is -0.708. The number of hydrogen-bond donors (Lipinski definition) is 2. The lowest BCUT2D eigenvalue weighted by Crippen LogP contribution is -2.36. The highest BCUT2D eigenvalue weighted by Crippen LogP contribution is 2.25. The Balaban J connectivity index is 1.94. The van der Waals surface area contributed by atoms with Gasteiger partial charge in [-0.2, -0.15) is 0 Å². The Bertz CT molecular complexity index is 1100. The number of amides is 1. The van der Waals surface area contributed by atoms with E-state index < -0.39 is 11.1 Å². The molecule has 1 amide bonds. The van der Waals surface area contributed by atoms with E-state index in [4.69, 9.17) is 4.74 Å². The second kappa shape index (κ2) is 7.90. The van der Waals surface area contributed by atoms with Crippen molar-refractivity contribution in [2.45, 2.75) is 26.8 Å². The van der Waals surface area contributed by atoms with Gasteiger partial charge < -0.3 is 19.6 Å². The monoisotopic (exact) mass is 367 g/mol. The molecule has 3 rings (SSSR count). The topological polar surface area (TPSA) is 93.2 Å². The maximum absolute atomic E-state index is 12.7. The van der Waals surface area contributed by atoms with Crippen LogP contribution < -0.4 is 21.2 Å². The first-order valence-corrected chi connectivity index (χ1v) is 8.85. The average molecular weight is 367 g/mol. The predicted octanol–water partition coefficient (Wildman–Crippen LogP) is 2.75. The number of aromatic nitrogens is 2. The number of nitrogens with one attached hydrogen (secondary N) is 2. The summed E-state index contributed by atoms with van der Waals surface area (Å²) < 4.78 is 7.03. The minimum Gasteiger partial charge on any atom is -0.491 e. The molecular formula is C20H21N3O4. The summed E-state index contributed by atoms with van der Waals surface area (Å²) in [5.41, 5.74) is 0.632. The average Bonchev–Trinajstić information content (AvgIpc) is 2.68. The summed E-state index contributed by atoms with van der Waals surface area (Å²) >= 11 is 0. The van der Waals surface area contributed by atoms with Gasteiger partial charge in [-0.3, -0.25) is 14.4 Å². The SMILES string of the molecule is CCCOc1ccccc1NC(=O)c1ccc2c(c1)[nH]c(=O)c(=O)n2CC. The highest BCUT2D eigenvalue weighted by atomic mass is 16.5. The van der Waals surface area contributed by atoms with E-state index in [0.717, 1.165) is 6.42 Å². The fourth-order valence-electron chi connectivity index (χ4n) is 2.84. The molecule has 1 heterocycles. The number of anilines is 1. The van der Waals surface area contributed by atoms with Crippen molar-refractivity contribution in [3.63, 3.8) is 0 Å². The van der Waals surface area contributed by atoms with Gasteiger partial charge in [-0.25, -0.2) is 0 Å². The van der Waals surface area contributed by atoms with Gasteiger partial charge in [-0.1, -0.05) is 19.1 Å². The van der Waals surface area contributed by atoms with Gasteiger partial charge >= 0.3 is 11.1 Å². The van der Waals surface area contributed by atoms with Crippen LogP contribution in [0, 0.1) is 0 Å². The molecule has 140 valence electrons. The number of ether oxygens (including phenoxy) is 1.